The minimum Gasteiger partial charge on any atom is -0.352 e. The van der Waals surface area contributed by atoms with Gasteiger partial charge in [0.15, 0.2) is 0 Å². The Morgan fingerprint density at radius 3 is 2.63 bits per heavy atom. The van der Waals surface area contributed by atoms with Gasteiger partial charge >= 0.3 is 6.55 Å². The predicted octanol–water partition coefficient (Wildman–Crippen LogP) is 1.12. The molecule has 3 rings (SSSR count). The van der Waals surface area contributed by atoms with Gasteiger partial charge in [0, 0.05) is 37.6 Å². The van der Waals surface area contributed by atoms with Crippen LogP contribution in [0.3, 0.4) is 0 Å². The van der Waals surface area contributed by atoms with Crippen molar-refractivity contribution in [1.29, 1.82) is 0 Å². The van der Waals surface area contributed by atoms with Crippen molar-refractivity contribution >= 4 is 5.91 Å². The monoisotopic (exact) mass is 389 g/mol. The summed E-state index contributed by atoms with van der Waals surface area (Å²) in [4.78, 5) is 11.5. The van der Waals surface area contributed by atoms with E-state index in [1.165, 1.54) is 6.08 Å². The number of rotatable bonds is 6. The molecule has 1 saturated carbocycles. The van der Waals surface area contributed by atoms with Crippen LogP contribution < -0.4 is 21.4 Å². The summed E-state index contributed by atoms with van der Waals surface area (Å²) in [6.07, 6.45) is 3.95. The van der Waals surface area contributed by atoms with Gasteiger partial charge in [-0.15, -0.1) is 0 Å². The van der Waals surface area contributed by atoms with E-state index in [4.69, 9.17) is 0 Å². The summed E-state index contributed by atoms with van der Waals surface area (Å²) in [7, 11) is 0. The van der Waals surface area contributed by atoms with Gasteiger partial charge in [0.2, 0.25) is 5.91 Å². The second-order valence-corrected chi connectivity index (χ2v) is 7.80. The van der Waals surface area contributed by atoms with Crippen LogP contribution in [0.15, 0.2) is 12.7 Å². The maximum absolute atomic E-state index is 13.5. The maximum Gasteiger partial charge on any atom is 0.306 e. The molecule has 9 heteroatoms. The third-order valence-corrected chi connectivity index (χ3v) is 6.06. The van der Waals surface area contributed by atoms with Crippen molar-refractivity contribution in [1.82, 2.24) is 26.4 Å². The molecule has 27 heavy (non-hydrogen) atoms. The molecule has 0 radical (unpaired) electrons. The summed E-state index contributed by atoms with van der Waals surface area (Å²) in [6, 6.07) is -0.194. The van der Waals surface area contributed by atoms with E-state index < -0.39 is 12.7 Å². The van der Waals surface area contributed by atoms with E-state index in [0.717, 1.165) is 17.9 Å². The predicted molar refractivity (Wildman–Crippen MR) is 96.5 cm³/mol. The molecule has 3 aliphatic rings. The Morgan fingerprint density at radius 1 is 1.26 bits per heavy atom. The molecular weight excluding hydrogens is 359 g/mol. The first-order chi connectivity index (χ1) is 13.0. The van der Waals surface area contributed by atoms with Crippen LogP contribution in [0.1, 0.15) is 32.1 Å². The first-order valence-corrected chi connectivity index (χ1v) is 9.82. The molecule has 1 aliphatic carbocycles. The fraction of sp³-hybridized carbons (Fsp3) is 0.833. The molecule has 4 unspecified atom stereocenters. The lowest BCUT2D eigenvalue weighted by molar-refractivity contribution is -0.116. The second-order valence-electron chi connectivity index (χ2n) is 7.80. The highest BCUT2D eigenvalue weighted by molar-refractivity contribution is 5.86. The van der Waals surface area contributed by atoms with Crippen molar-refractivity contribution < 1.29 is 18.0 Å². The molecule has 0 aromatic rings. The molecule has 4 atom stereocenters. The van der Waals surface area contributed by atoms with Crippen LogP contribution in [0.4, 0.5) is 13.2 Å². The number of carbonyl (C=O) groups excluding carboxylic acids is 1. The molecule has 3 fully saturated rings. The summed E-state index contributed by atoms with van der Waals surface area (Å²) in [5.74, 6) is 0.138. The van der Waals surface area contributed by atoms with Gasteiger partial charge < -0.3 is 10.6 Å². The molecule has 6 nitrogen and oxygen atoms in total. The lowest BCUT2D eigenvalue weighted by atomic mass is 9.82. The van der Waals surface area contributed by atoms with E-state index in [1.54, 1.807) is 0 Å². The van der Waals surface area contributed by atoms with Crippen molar-refractivity contribution in [3.8, 4) is 0 Å². The molecule has 2 heterocycles. The van der Waals surface area contributed by atoms with Gasteiger partial charge in [-0.05, 0) is 44.1 Å². The van der Waals surface area contributed by atoms with Crippen molar-refractivity contribution in [3.63, 3.8) is 0 Å². The first-order valence-electron chi connectivity index (χ1n) is 9.82. The van der Waals surface area contributed by atoms with E-state index in [2.05, 4.69) is 28.0 Å². The van der Waals surface area contributed by atoms with Crippen LogP contribution in [0, 0.1) is 11.8 Å². The Balaban J connectivity index is 1.64. The van der Waals surface area contributed by atoms with Crippen molar-refractivity contribution in [3.05, 3.63) is 12.7 Å². The third-order valence-electron chi connectivity index (χ3n) is 6.06. The Hall–Kier alpha value is -1.16. The molecule has 0 aromatic carbocycles. The molecule has 0 aromatic heterocycles. The molecule has 4 N–H and O–H groups in total. The highest BCUT2D eigenvalue weighted by Crippen LogP contribution is 2.30. The molecule has 2 saturated heterocycles. The zero-order chi connectivity index (χ0) is 19.4. The quantitative estimate of drug-likeness (QED) is 0.405. The van der Waals surface area contributed by atoms with E-state index in [9.17, 15) is 18.0 Å². The van der Waals surface area contributed by atoms with E-state index in [-0.39, 0.29) is 36.6 Å². The van der Waals surface area contributed by atoms with Gasteiger partial charge in [-0.2, -0.15) is 13.8 Å². The highest BCUT2D eigenvalue weighted by atomic mass is 19.3. The third kappa shape index (κ3) is 5.22. The van der Waals surface area contributed by atoms with Crippen molar-refractivity contribution in [2.75, 3.05) is 19.6 Å². The van der Waals surface area contributed by atoms with Gasteiger partial charge in [0.05, 0.1) is 6.17 Å². The number of carbonyl (C=O) groups is 1. The van der Waals surface area contributed by atoms with Gasteiger partial charge in [-0.1, -0.05) is 6.58 Å². The fourth-order valence-corrected chi connectivity index (χ4v) is 4.50. The number of hydrogen-bond acceptors (Lipinski definition) is 5. The maximum atomic E-state index is 13.5. The average Bonchev–Trinajstić information content (AvgIpc) is 3.17. The van der Waals surface area contributed by atoms with Crippen LogP contribution >= 0.6 is 0 Å². The Bertz CT molecular complexity index is 515. The Labute approximate surface area is 158 Å². The SMILES string of the molecule is C=CC(=O)NCC1CNC(C2CCC(F)CC2)NC1C1CCN(C(F)F)N1. The van der Waals surface area contributed by atoms with E-state index in [0.29, 0.717) is 38.3 Å². The number of nitrogens with one attached hydrogen (secondary N) is 4. The average molecular weight is 389 g/mol. The second kappa shape index (κ2) is 9.36. The van der Waals surface area contributed by atoms with Crippen LogP contribution in [0.5, 0.6) is 0 Å². The number of hydrogen-bond donors (Lipinski definition) is 4. The lowest BCUT2D eigenvalue weighted by Gasteiger charge is -2.45. The summed E-state index contributed by atoms with van der Waals surface area (Å²) in [6.45, 7) is 2.31. The van der Waals surface area contributed by atoms with Crippen molar-refractivity contribution in [2.24, 2.45) is 11.8 Å². The highest BCUT2D eigenvalue weighted by Gasteiger charge is 2.41. The number of amides is 1. The largest absolute Gasteiger partial charge is 0.352 e. The van der Waals surface area contributed by atoms with Crippen LogP contribution in [0.25, 0.3) is 0 Å². The van der Waals surface area contributed by atoms with Gasteiger partial charge in [-0.25, -0.2) is 9.82 Å². The molecule has 154 valence electrons. The van der Waals surface area contributed by atoms with Crippen LogP contribution in [-0.4, -0.2) is 61.5 Å². The standard InChI is InChI=1S/C18H30F3N5O/c1-2-15(27)22-9-12-10-23-17(11-3-5-13(19)6-4-11)24-16(12)14-7-8-26(25-14)18(20)21/h2,11-14,16-18,23-25H,1,3-10H2,(H,22,27). The first kappa shape index (κ1) is 20.6. The zero-order valence-electron chi connectivity index (χ0n) is 15.5. The summed E-state index contributed by atoms with van der Waals surface area (Å²) >= 11 is 0. The summed E-state index contributed by atoms with van der Waals surface area (Å²) in [5.41, 5.74) is 2.92. The zero-order valence-corrected chi connectivity index (χ0v) is 15.5. The molecule has 0 bridgehead atoms. The van der Waals surface area contributed by atoms with Gasteiger partial charge in [0.25, 0.3) is 0 Å². The van der Waals surface area contributed by atoms with Gasteiger partial charge in [0.1, 0.15) is 6.17 Å². The smallest absolute Gasteiger partial charge is 0.306 e. The minimum absolute atomic E-state index is 0.0382. The normalized spacial score (nSPS) is 38.1. The topological polar surface area (TPSA) is 68.4 Å². The summed E-state index contributed by atoms with van der Waals surface area (Å²) in [5, 5.41) is 10.9. The van der Waals surface area contributed by atoms with Crippen molar-refractivity contribution in [2.45, 2.75) is 63.1 Å². The Morgan fingerprint density at radius 2 is 2.00 bits per heavy atom. The molecule has 1 amide bonds. The molecular formula is C18H30F3N5O. The number of halogens is 3. The van der Waals surface area contributed by atoms with E-state index >= 15 is 0 Å². The minimum atomic E-state index is -2.54. The number of hydrazine groups is 1. The fourth-order valence-electron chi connectivity index (χ4n) is 4.50. The molecule has 0 spiro atoms. The number of alkyl halides is 3. The molecule has 2 aliphatic heterocycles. The Kier molecular flexibility index (Phi) is 7.13. The summed E-state index contributed by atoms with van der Waals surface area (Å²) < 4.78 is 39.5. The number of nitrogens with zero attached hydrogens (tertiary/aromatic N) is 1. The van der Waals surface area contributed by atoms with E-state index in [1.807, 2.05) is 0 Å². The van der Waals surface area contributed by atoms with Crippen LogP contribution in [0.2, 0.25) is 0 Å². The van der Waals surface area contributed by atoms with Gasteiger partial charge in [-0.3, -0.25) is 10.1 Å². The lowest BCUT2D eigenvalue weighted by Crippen LogP contribution is -2.67. The van der Waals surface area contributed by atoms with Crippen LogP contribution in [-0.2, 0) is 4.79 Å².